The van der Waals surface area contributed by atoms with Crippen molar-refractivity contribution in [3.05, 3.63) is 0 Å². The van der Waals surface area contributed by atoms with E-state index in [0.29, 0.717) is 18.6 Å². The molecule has 0 radical (unpaired) electrons. The van der Waals surface area contributed by atoms with E-state index in [-0.39, 0.29) is 29.3 Å². The highest BCUT2D eigenvalue weighted by Crippen LogP contribution is 2.47. The highest BCUT2D eigenvalue weighted by Gasteiger charge is 2.53. The van der Waals surface area contributed by atoms with Crippen molar-refractivity contribution in [1.29, 1.82) is 0 Å². The molecule has 0 spiro atoms. The van der Waals surface area contributed by atoms with Crippen molar-refractivity contribution in [2.75, 3.05) is 12.4 Å². The van der Waals surface area contributed by atoms with Gasteiger partial charge in [0.2, 0.25) is 11.8 Å². The van der Waals surface area contributed by atoms with Crippen LogP contribution in [0.15, 0.2) is 0 Å². The van der Waals surface area contributed by atoms with Gasteiger partial charge in [-0.05, 0) is 33.6 Å². The van der Waals surface area contributed by atoms with Gasteiger partial charge in [0, 0.05) is 24.3 Å². The SMILES string of the molecule is CC(C)(CCO)NC(=O)C1CSC2(C)CCC(=O)N12. The number of aliphatic hydroxyl groups is 1. The Morgan fingerprint density at radius 3 is 2.95 bits per heavy atom. The minimum Gasteiger partial charge on any atom is -0.396 e. The highest BCUT2D eigenvalue weighted by atomic mass is 32.2. The number of carbonyl (C=O) groups is 2. The molecule has 2 N–H and O–H groups in total. The molecular formula is C13H22N2O3S. The maximum Gasteiger partial charge on any atom is 0.244 e. The number of nitrogens with zero attached hydrogens (tertiary/aromatic N) is 1. The molecule has 6 heteroatoms. The molecule has 0 saturated carbocycles. The number of fused-ring (bicyclic) bond motifs is 1. The van der Waals surface area contributed by atoms with Gasteiger partial charge in [-0.1, -0.05) is 0 Å². The fourth-order valence-corrected chi connectivity index (χ4v) is 4.21. The van der Waals surface area contributed by atoms with Crippen molar-refractivity contribution >= 4 is 23.6 Å². The second kappa shape index (κ2) is 4.98. The number of amides is 2. The Bertz CT molecular complexity index is 399. The third kappa shape index (κ3) is 2.74. The number of aliphatic hydroxyl groups excluding tert-OH is 1. The molecule has 5 nitrogen and oxygen atoms in total. The van der Waals surface area contributed by atoms with Crippen LogP contribution in [0.25, 0.3) is 0 Å². The van der Waals surface area contributed by atoms with E-state index < -0.39 is 5.54 Å². The maximum atomic E-state index is 12.4. The Hall–Kier alpha value is -0.750. The summed E-state index contributed by atoms with van der Waals surface area (Å²) in [6, 6.07) is -0.372. The Morgan fingerprint density at radius 2 is 2.32 bits per heavy atom. The molecular weight excluding hydrogens is 264 g/mol. The van der Waals surface area contributed by atoms with Crippen LogP contribution in [-0.2, 0) is 9.59 Å². The summed E-state index contributed by atoms with van der Waals surface area (Å²) in [6.45, 7) is 5.84. The molecule has 2 amide bonds. The van der Waals surface area contributed by atoms with Gasteiger partial charge in [0.1, 0.15) is 6.04 Å². The molecule has 0 aromatic heterocycles. The minimum absolute atomic E-state index is 0.0348. The van der Waals surface area contributed by atoms with E-state index in [1.807, 2.05) is 20.8 Å². The molecule has 0 aromatic rings. The van der Waals surface area contributed by atoms with E-state index in [1.165, 1.54) is 0 Å². The summed E-state index contributed by atoms with van der Waals surface area (Å²) in [6.07, 6.45) is 1.86. The van der Waals surface area contributed by atoms with Crippen LogP contribution in [-0.4, -0.2) is 50.6 Å². The molecule has 2 aliphatic heterocycles. The Labute approximate surface area is 118 Å². The molecule has 0 bridgehead atoms. The molecule has 19 heavy (non-hydrogen) atoms. The quantitative estimate of drug-likeness (QED) is 0.799. The first kappa shape index (κ1) is 14.7. The zero-order chi connectivity index (χ0) is 14.3. The van der Waals surface area contributed by atoms with E-state index in [9.17, 15) is 9.59 Å². The van der Waals surface area contributed by atoms with Gasteiger partial charge in [-0.15, -0.1) is 11.8 Å². The lowest BCUT2D eigenvalue weighted by Gasteiger charge is -2.32. The number of thioether (sulfide) groups is 1. The average molecular weight is 286 g/mol. The topological polar surface area (TPSA) is 69.6 Å². The lowest BCUT2D eigenvalue weighted by Crippen LogP contribution is -2.55. The van der Waals surface area contributed by atoms with Crippen LogP contribution in [0, 0.1) is 0 Å². The van der Waals surface area contributed by atoms with Crippen LogP contribution in [0.5, 0.6) is 0 Å². The molecule has 0 aliphatic carbocycles. The smallest absolute Gasteiger partial charge is 0.244 e. The van der Waals surface area contributed by atoms with Crippen LogP contribution in [0.4, 0.5) is 0 Å². The number of rotatable bonds is 4. The molecule has 2 unspecified atom stereocenters. The minimum atomic E-state index is -0.446. The van der Waals surface area contributed by atoms with E-state index in [2.05, 4.69) is 5.32 Å². The van der Waals surface area contributed by atoms with E-state index in [0.717, 1.165) is 6.42 Å². The molecule has 2 rings (SSSR count). The number of carbonyl (C=O) groups excluding carboxylic acids is 2. The number of hydrogen-bond donors (Lipinski definition) is 2. The van der Waals surface area contributed by atoms with E-state index >= 15 is 0 Å². The van der Waals surface area contributed by atoms with E-state index in [4.69, 9.17) is 5.11 Å². The van der Waals surface area contributed by atoms with Crippen LogP contribution in [0.2, 0.25) is 0 Å². The molecule has 2 heterocycles. The van der Waals surface area contributed by atoms with Crippen LogP contribution in [0.1, 0.15) is 40.0 Å². The predicted octanol–water partition coefficient (Wildman–Crippen LogP) is 0.718. The largest absolute Gasteiger partial charge is 0.396 e. The normalized spacial score (nSPS) is 30.6. The van der Waals surface area contributed by atoms with Gasteiger partial charge in [-0.3, -0.25) is 9.59 Å². The van der Waals surface area contributed by atoms with Crippen molar-refractivity contribution in [1.82, 2.24) is 10.2 Å². The summed E-state index contributed by atoms with van der Waals surface area (Å²) < 4.78 is 0. The van der Waals surface area contributed by atoms with Crippen LogP contribution >= 0.6 is 11.8 Å². The Balaban J connectivity index is 2.06. The molecule has 0 aromatic carbocycles. The Kier molecular flexibility index (Phi) is 3.84. The summed E-state index contributed by atoms with van der Waals surface area (Å²) >= 11 is 1.69. The van der Waals surface area contributed by atoms with Gasteiger partial charge >= 0.3 is 0 Å². The summed E-state index contributed by atoms with van der Waals surface area (Å²) in [7, 11) is 0. The molecule has 2 atom stereocenters. The molecule has 2 aliphatic rings. The van der Waals surface area contributed by atoms with Gasteiger partial charge in [0.25, 0.3) is 0 Å². The first-order chi connectivity index (χ1) is 8.79. The fraction of sp³-hybridized carbons (Fsp3) is 0.846. The number of nitrogens with one attached hydrogen (secondary N) is 1. The molecule has 2 fully saturated rings. The van der Waals surface area contributed by atoms with E-state index in [1.54, 1.807) is 16.7 Å². The van der Waals surface area contributed by atoms with Crippen molar-refractivity contribution in [3.8, 4) is 0 Å². The lowest BCUT2D eigenvalue weighted by atomic mass is 10.0. The molecule has 108 valence electrons. The van der Waals surface area contributed by atoms with Gasteiger partial charge in [-0.2, -0.15) is 0 Å². The number of hydrogen-bond acceptors (Lipinski definition) is 4. The van der Waals surface area contributed by atoms with Gasteiger partial charge in [-0.25, -0.2) is 0 Å². The second-order valence-corrected chi connectivity index (χ2v) is 7.61. The summed E-state index contributed by atoms with van der Waals surface area (Å²) in [5.41, 5.74) is -0.446. The van der Waals surface area contributed by atoms with Crippen molar-refractivity contribution in [2.24, 2.45) is 0 Å². The third-order valence-corrected chi connectivity index (χ3v) is 5.45. The monoisotopic (exact) mass is 286 g/mol. The van der Waals surface area contributed by atoms with Crippen molar-refractivity contribution in [2.45, 2.75) is 56.5 Å². The van der Waals surface area contributed by atoms with Gasteiger partial charge in [0.15, 0.2) is 0 Å². The third-order valence-electron chi connectivity index (χ3n) is 3.95. The first-order valence-corrected chi connectivity index (χ1v) is 7.67. The second-order valence-electron chi connectivity index (χ2n) is 6.11. The lowest BCUT2D eigenvalue weighted by molar-refractivity contribution is -0.138. The maximum absolute atomic E-state index is 12.4. The zero-order valence-electron chi connectivity index (χ0n) is 11.7. The summed E-state index contributed by atoms with van der Waals surface area (Å²) in [5, 5.41) is 11.9. The predicted molar refractivity (Wildman–Crippen MR) is 74.7 cm³/mol. The average Bonchev–Trinajstić information content (AvgIpc) is 2.76. The first-order valence-electron chi connectivity index (χ1n) is 6.68. The molecule has 2 saturated heterocycles. The fourth-order valence-electron chi connectivity index (χ4n) is 2.77. The highest BCUT2D eigenvalue weighted by molar-refractivity contribution is 8.01. The zero-order valence-corrected chi connectivity index (χ0v) is 12.5. The van der Waals surface area contributed by atoms with Gasteiger partial charge < -0.3 is 15.3 Å². The van der Waals surface area contributed by atoms with Crippen molar-refractivity contribution < 1.29 is 14.7 Å². The summed E-state index contributed by atoms with van der Waals surface area (Å²) in [5.74, 6) is 0.626. The van der Waals surface area contributed by atoms with Crippen molar-refractivity contribution in [3.63, 3.8) is 0 Å². The van der Waals surface area contributed by atoms with Gasteiger partial charge in [0.05, 0.1) is 4.87 Å². The van der Waals surface area contributed by atoms with Crippen LogP contribution < -0.4 is 5.32 Å². The summed E-state index contributed by atoms with van der Waals surface area (Å²) in [4.78, 5) is 25.9. The Morgan fingerprint density at radius 1 is 1.63 bits per heavy atom. The standard InChI is InChI=1S/C13H22N2O3S/c1-12(2,6-7-16)14-11(18)9-8-19-13(3)5-4-10(17)15(9)13/h9,16H,4-8H2,1-3H3,(H,14,18). The van der Waals surface area contributed by atoms with Crippen LogP contribution in [0.3, 0.4) is 0 Å².